The summed E-state index contributed by atoms with van der Waals surface area (Å²) < 4.78 is 61.4. The standard InChI is InChI=1S/C10H13ClF3N3O2S/c1-17-8(15-16-9(17)20(11,18)19)6-2-4-7(5-3-6)10(12,13)14/h6-7H,2-5H2,1H3. The topological polar surface area (TPSA) is 64.8 Å². The van der Waals surface area contributed by atoms with Crippen LogP contribution in [0.5, 0.6) is 0 Å². The zero-order chi connectivity index (χ0) is 15.1. The minimum absolute atomic E-state index is 0.0178. The zero-order valence-corrected chi connectivity index (χ0v) is 12.1. The molecule has 1 aromatic heterocycles. The molecule has 0 bridgehead atoms. The fourth-order valence-electron chi connectivity index (χ4n) is 2.57. The maximum Gasteiger partial charge on any atom is 0.391 e. The molecule has 2 rings (SSSR count). The van der Waals surface area contributed by atoms with Gasteiger partial charge in [0.05, 0.1) is 5.92 Å². The first-order valence-electron chi connectivity index (χ1n) is 6.01. The van der Waals surface area contributed by atoms with E-state index >= 15 is 0 Å². The lowest BCUT2D eigenvalue weighted by molar-refractivity contribution is -0.182. The number of aromatic nitrogens is 3. The number of nitrogens with zero attached hydrogens (tertiary/aromatic N) is 3. The molecule has 1 fully saturated rings. The Labute approximate surface area is 118 Å². The third-order valence-electron chi connectivity index (χ3n) is 3.64. The van der Waals surface area contributed by atoms with Gasteiger partial charge in [-0.15, -0.1) is 10.2 Å². The number of halogens is 4. The van der Waals surface area contributed by atoms with Crippen LogP contribution < -0.4 is 0 Å². The Bertz CT molecular complexity index is 591. The highest BCUT2D eigenvalue weighted by atomic mass is 35.7. The molecule has 0 spiro atoms. The predicted molar refractivity (Wildman–Crippen MR) is 64.8 cm³/mol. The summed E-state index contributed by atoms with van der Waals surface area (Å²) in [5, 5.41) is 6.88. The molecule has 10 heteroatoms. The molecule has 0 unspecified atom stereocenters. The van der Waals surface area contributed by atoms with Gasteiger partial charge in [-0.25, -0.2) is 8.42 Å². The summed E-state index contributed by atoms with van der Waals surface area (Å²) >= 11 is 0. The summed E-state index contributed by atoms with van der Waals surface area (Å²) in [5.41, 5.74) is 0. The molecule has 1 aliphatic carbocycles. The van der Waals surface area contributed by atoms with Crippen molar-refractivity contribution in [3.63, 3.8) is 0 Å². The Morgan fingerprint density at radius 1 is 1.20 bits per heavy atom. The molecule has 20 heavy (non-hydrogen) atoms. The number of hydrogen-bond acceptors (Lipinski definition) is 4. The van der Waals surface area contributed by atoms with E-state index in [-0.39, 0.29) is 23.9 Å². The average molecular weight is 332 g/mol. The van der Waals surface area contributed by atoms with E-state index in [1.54, 1.807) is 0 Å². The molecule has 1 aromatic rings. The van der Waals surface area contributed by atoms with Crippen molar-refractivity contribution in [3.8, 4) is 0 Å². The van der Waals surface area contributed by atoms with Gasteiger partial charge < -0.3 is 4.57 Å². The molecule has 0 N–H and O–H groups in total. The van der Waals surface area contributed by atoms with Crippen LogP contribution in [0.25, 0.3) is 0 Å². The predicted octanol–water partition coefficient (Wildman–Crippen LogP) is 2.58. The normalized spacial score (nSPS) is 24.9. The van der Waals surface area contributed by atoms with Crippen molar-refractivity contribution < 1.29 is 21.6 Å². The van der Waals surface area contributed by atoms with Crippen LogP contribution in [-0.2, 0) is 16.1 Å². The number of rotatable bonds is 2. The molecular formula is C10H13ClF3N3O2S. The fraction of sp³-hybridized carbons (Fsp3) is 0.800. The molecule has 0 radical (unpaired) electrons. The summed E-state index contributed by atoms with van der Waals surface area (Å²) in [6.45, 7) is 0. The highest BCUT2D eigenvalue weighted by molar-refractivity contribution is 8.13. The van der Waals surface area contributed by atoms with E-state index < -0.39 is 21.1 Å². The third-order valence-corrected chi connectivity index (χ3v) is 4.85. The van der Waals surface area contributed by atoms with Crippen LogP contribution in [0.1, 0.15) is 37.4 Å². The second-order valence-corrected chi connectivity index (χ2v) is 7.39. The molecule has 5 nitrogen and oxygen atoms in total. The van der Waals surface area contributed by atoms with E-state index in [1.165, 1.54) is 11.6 Å². The molecular weight excluding hydrogens is 319 g/mol. The van der Waals surface area contributed by atoms with E-state index in [9.17, 15) is 21.6 Å². The summed E-state index contributed by atoms with van der Waals surface area (Å²) in [4.78, 5) is 0. The van der Waals surface area contributed by atoms with Crippen molar-refractivity contribution in [1.82, 2.24) is 14.8 Å². The van der Waals surface area contributed by atoms with Crippen molar-refractivity contribution >= 4 is 19.7 Å². The smallest absolute Gasteiger partial charge is 0.304 e. The second-order valence-electron chi connectivity index (χ2n) is 4.93. The molecule has 1 heterocycles. The summed E-state index contributed by atoms with van der Waals surface area (Å²) in [5.74, 6) is -1.15. The molecule has 0 saturated heterocycles. The van der Waals surface area contributed by atoms with E-state index in [1.807, 2.05) is 0 Å². The largest absolute Gasteiger partial charge is 0.391 e. The lowest BCUT2D eigenvalue weighted by Crippen LogP contribution is -2.27. The molecule has 114 valence electrons. The highest BCUT2D eigenvalue weighted by Gasteiger charge is 2.42. The van der Waals surface area contributed by atoms with E-state index in [0.717, 1.165) is 0 Å². The first-order chi connectivity index (χ1) is 9.10. The van der Waals surface area contributed by atoms with E-state index in [4.69, 9.17) is 10.7 Å². The van der Waals surface area contributed by atoms with Crippen LogP contribution in [0.2, 0.25) is 0 Å². The van der Waals surface area contributed by atoms with Crippen molar-refractivity contribution in [1.29, 1.82) is 0 Å². The van der Waals surface area contributed by atoms with Crippen LogP contribution in [0.4, 0.5) is 13.2 Å². The third kappa shape index (κ3) is 3.08. The van der Waals surface area contributed by atoms with Crippen LogP contribution >= 0.6 is 10.7 Å². The van der Waals surface area contributed by atoms with E-state index in [2.05, 4.69) is 10.2 Å². The number of alkyl halides is 3. The van der Waals surface area contributed by atoms with Crippen LogP contribution in [-0.4, -0.2) is 29.4 Å². The van der Waals surface area contributed by atoms with E-state index in [0.29, 0.717) is 18.7 Å². The fourth-order valence-corrected chi connectivity index (χ4v) is 3.54. The first-order valence-corrected chi connectivity index (χ1v) is 8.32. The highest BCUT2D eigenvalue weighted by Crippen LogP contribution is 2.42. The Hall–Kier alpha value is -0.830. The number of hydrogen-bond donors (Lipinski definition) is 0. The van der Waals surface area contributed by atoms with Gasteiger partial charge >= 0.3 is 6.18 Å². The van der Waals surface area contributed by atoms with Gasteiger partial charge in [0, 0.05) is 23.6 Å². The van der Waals surface area contributed by atoms with Crippen molar-refractivity contribution in [2.75, 3.05) is 0 Å². The van der Waals surface area contributed by atoms with Crippen molar-refractivity contribution in [2.24, 2.45) is 13.0 Å². The Kier molecular flexibility index (Phi) is 4.03. The van der Waals surface area contributed by atoms with Gasteiger partial charge in [0.1, 0.15) is 5.82 Å². The van der Waals surface area contributed by atoms with Crippen LogP contribution in [0.3, 0.4) is 0 Å². The minimum atomic E-state index is -4.17. The quantitative estimate of drug-likeness (QED) is 0.781. The monoisotopic (exact) mass is 331 g/mol. The van der Waals surface area contributed by atoms with Gasteiger partial charge in [-0.05, 0) is 25.7 Å². The van der Waals surface area contributed by atoms with Gasteiger partial charge in [0.2, 0.25) is 0 Å². The molecule has 0 aromatic carbocycles. The Balaban J connectivity index is 2.14. The maximum absolute atomic E-state index is 12.6. The average Bonchev–Trinajstić information content (AvgIpc) is 2.70. The van der Waals surface area contributed by atoms with Gasteiger partial charge in [0.15, 0.2) is 0 Å². The van der Waals surface area contributed by atoms with Crippen LogP contribution in [0.15, 0.2) is 5.16 Å². The SMILES string of the molecule is Cn1c(C2CCC(C(F)(F)F)CC2)nnc1S(=O)(=O)Cl. The first kappa shape index (κ1) is 15.6. The molecule has 0 atom stereocenters. The Morgan fingerprint density at radius 2 is 1.75 bits per heavy atom. The van der Waals surface area contributed by atoms with Crippen molar-refractivity contribution in [2.45, 2.75) is 42.9 Å². The van der Waals surface area contributed by atoms with Gasteiger partial charge in [-0.3, -0.25) is 0 Å². The molecule has 0 aliphatic heterocycles. The summed E-state index contributed by atoms with van der Waals surface area (Å²) in [6, 6.07) is 0. The maximum atomic E-state index is 12.6. The second kappa shape index (κ2) is 5.18. The molecule has 1 aliphatic rings. The van der Waals surface area contributed by atoms with Gasteiger partial charge in [-0.1, -0.05) is 0 Å². The van der Waals surface area contributed by atoms with Crippen molar-refractivity contribution in [3.05, 3.63) is 5.82 Å². The van der Waals surface area contributed by atoms with Gasteiger partial charge in [-0.2, -0.15) is 13.2 Å². The molecule has 0 amide bonds. The summed E-state index contributed by atoms with van der Waals surface area (Å²) in [7, 11) is 2.64. The lowest BCUT2D eigenvalue weighted by atomic mass is 9.81. The Morgan fingerprint density at radius 3 is 2.15 bits per heavy atom. The molecule has 1 saturated carbocycles. The van der Waals surface area contributed by atoms with Crippen LogP contribution in [0, 0.1) is 5.92 Å². The van der Waals surface area contributed by atoms with Gasteiger partial charge in [0.25, 0.3) is 14.2 Å². The zero-order valence-electron chi connectivity index (χ0n) is 10.6. The minimum Gasteiger partial charge on any atom is -0.304 e. The summed E-state index contributed by atoms with van der Waals surface area (Å²) in [6.07, 6.45) is -3.53. The lowest BCUT2D eigenvalue weighted by Gasteiger charge is -2.29.